The molecule has 3 atom stereocenters. The van der Waals surface area contributed by atoms with Gasteiger partial charge in [0.05, 0.1) is 12.1 Å². The van der Waals surface area contributed by atoms with Crippen molar-refractivity contribution in [3.63, 3.8) is 0 Å². The molecule has 0 aromatic carbocycles. The lowest BCUT2D eigenvalue weighted by Crippen LogP contribution is -2.53. The van der Waals surface area contributed by atoms with E-state index in [1.807, 2.05) is 11.8 Å². The molecule has 1 aliphatic carbocycles. The van der Waals surface area contributed by atoms with Crippen LogP contribution >= 0.6 is 11.8 Å². The highest BCUT2D eigenvalue weighted by atomic mass is 32.2. The Balaban J connectivity index is 1.89. The summed E-state index contributed by atoms with van der Waals surface area (Å²) in [6.07, 6.45) is 2.66. The summed E-state index contributed by atoms with van der Waals surface area (Å²) in [4.78, 5) is 4.88. The summed E-state index contributed by atoms with van der Waals surface area (Å²) >= 11 is 1.88. The van der Waals surface area contributed by atoms with Crippen molar-refractivity contribution in [3.8, 4) is 0 Å². The van der Waals surface area contributed by atoms with E-state index in [4.69, 9.17) is 9.73 Å². The molecule has 2 fully saturated rings. The molecule has 0 radical (unpaired) electrons. The Bertz CT molecular complexity index is 328. The summed E-state index contributed by atoms with van der Waals surface area (Å²) in [6.45, 7) is 9.06. The first kappa shape index (κ1) is 14.2. The van der Waals surface area contributed by atoms with Crippen LogP contribution in [0.1, 0.15) is 40.5 Å². The fraction of sp³-hybridized carbons (Fsp3) is 0.929. The fourth-order valence-electron chi connectivity index (χ4n) is 2.83. The van der Waals surface area contributed by atoms with Gasteiger partial charge in [0.2, 0.25) is 0 Å². The predicted molar refractivity (Wildman–Crippen MR) is 79.3 cm³/mol. The topological polar surface area (TPSA) is 33.6 Å². The molecule has 0 spiro atoms. The number of amidine groups is 1. The van der Waals surface area contributed by atoms with Crippen LogP contribution in [-0.2, 0) is 4.74 Å². The minimum Gasteiger partial charge on any atom is -0.381 e. The number of methoxy groups -OCH3 is 1. The van der Waals surface area contributed by atoms with Crippen LogP contribution in [-0.4, -0.2) is 36.2 Å². The van der Waals surface area contributed by atoms with Crippen molar-refractivity contribution in [2.45, 2.75) is 58.7 Å². The normalized spacial score (nSPS) is 36.8. The minimum absolute atomic E-state index is 0.181. The number of rotatable bonds is 4. The van der Waals surface area contributed by atoms with Crippen molar-refractivity contribution in [2.24, 2.45) is 16.3 Å². The highest BCUT2D eigenvalue weighted by Gasteiger charge is 2.49. The Kier molecular flexibility index (Phi) is 4.27. The van der Waals surface area contributed by atoms with Crippen molar-refractivity contribution >= 4 is 16.9 Å². The van der Waals surface area contributed by atoms with Crippen LogP contribution in [0.3, 0.4) is 0 Å². The number of hydrogen-bond acceptors (Lipinski definition) is 3. The Morgan fingerprint density at radius 1 is 1.50 bits per heavy atom. The molecule has 3 unspecified atom stereocenters. The third kappa shape index (κ3) is 2.85. The van der Waals surface area contributed by atoms with Gasteiger partial charge in [-0.05, 0) is 18.8 Å². The predicted octanol–water partition coefficient (Wildman–Crippen LogP) is 2.91. The molecule has 0 bridgehead atoms. The van der Waals surface area contributed by atoms with E-state index in [0.717, 1.165) is 23.3 Å². The molecule has 1 heterocycles. The largest absolute Gasteiger partial charge is 0.381 e. The highest BCUT2D eigenvalue weighted by molar-refractivity contribution is 8.14. The average molecular weight is 270 g/mol. The Morgan fingerprint density at radius 2 is 2.22 bits per heavy atom. The molecule has 1 aliphatic heterocycles. The van der Waals surface area contributed by atoms with Gasteiger partial charge in [0.1, 0.15) is 0 Å². The van der Waals surface area contributed by atoms with Crippen molar-refractivity contribution in [1.82, 2.24) is 5.32 Å². The zero-order chi connectivity index (χ0) is 13.3. The maximum Gasteiger partial charge on any atom is 0.157 e. The summed E-state index contributed by atoms with van der Waals surface area (Å²) in [5.41, 5.74) is 0.181. The van der Waals surface area contributed by atoms with Crippen LogP contribution < -0.4 is 5.32 Å². The van der Waals surface area contributed by atoms with E-state index in [2.05, 4.69) is 33.0 Å². The molecule has 104 valence electrons. The van der Waals surface area contributed by atoms with Crippen LogP contribution in [0, 0.1) is 11.3 Å². The summed E-state index contributed by atoms with van der Waals surface area (Å²) in [5.74, 6) is 1.91. The second-order valence-corrected chi connectivity index (χ2v) is 7.52. The molecule has 2 rings (SSSR count). The van der Waals surface area contributed by atoms with E-state index >= 15 is 0 Å². The molecular formula is C14H26N2OS. The molecule has 18 heavy (non-hydrogen) atoms. The molecule has 1 N–H and O–H groups in total. The molecule has 2 aliphatic rings. The summed E-state index contributed by atoms with van der Waals surface area (Å²) < 4.78 is 5.47. The molecule has 4 heteroatoms. The number of ether oxygens (including phenoxy) is 1. The highest BCUT2D eigenvalue weighted by Crippen LogP contribution is 2.45. The van der Waals surface area contributed by atoms with Gasteiger partial charge in [0.25, 0.3) is 0 Å². The number of hydrogen-bond donors (Lipinski definition) is 1. The van der Waals surface area contributed by atoms with E-state index in [1.54, 1.807) is 7.11 Å². The smallest absolute Gasteiger partial charge is 0.157 e. The lowest BCUT2D eigenvalue weighted by atomic mass is 9.65. The Labute approximate surface area is 115 Å². The van der Waals surface area contributed by atoms with Crippen molar-refractivity contribution in [1.29, 1.82) is 0 Å². The Hall–Kier alpha value is -0.220. The van der Waals surface area contributed by atoms with Gasteiger partial charge in [-0.3, -0.25) is 4.99 Å². The van der Waals surface area contributed by atoms with Gasteiger partial charge >= 0.3 is 0 Å². The minimum atomic E-state index is 0.181. The average Bonchev–Trinajstić information content (AvgIpc) is 2.70. The monoisotopic (exact) mass is 270 g/mol. The summed E-state index contributed by atoms with van der Waals surface area (Å²) in [5, 5.41) is 4.71. The maximum absolute atomic E-state index is 5.47. The number of nitrogens with zero attached hydrogens (tertiary/aromatic N) is 1. The van der Waals surface area contributed by atoms with Gasteiger partial charge in [0, 0.05) is 24.3 Å². The van der Waals surface area contributed by atoms with E-state index < -0.39 is 0 Å². The molecule has 0 amide bonds. The van der Waals surface area contributed by atoms with Gasteiger partial charge in [-0.1, -0.05) is 39.5 Å². The van der Waals surface area contributed by atoms with E-state index in [9.17, 15) is 0 Å². The van der Waals surface area contributed by atoms with Gasteiger partial charge in [0.15, 0.2) is 5.17 Å². The van der Waals surface area contributed by atoms with Crippen LogP contribution in [0.15, 0.2) is 4.99 Å². The standard InChI is InChI=1S/C14H26N2OS/c1-9(2)6-10-8-18-13(15-10)16-11-7-12(17-5)14(11,3)4/h9-12H,6-8H2,1-5H3,(H,15,16). The zero-order valence-corrected chi connectivity index (χ0v) is 13.0. The SMILES string of the molecule is COC1CC(N=C2NC(CC(C)C)CS2)C1(C)C. The zero-order valence-electron chi connectivity index (χ0n) is 12.2. The molecule has 3 nitrogen and oxygen atoms in total. The van der Waals surface area contributed by atoms with Crippen molar-refractivity contribution < 1.29 is 4.74 Å². The van der Waals surface area contributed by atoms with Gasteiger partial charge in [-0.15, -0.1) is 0 Å². The van der Waals surface area contributed by atoms with Gasteiger partial charge in [-0.25, -0.2) is 0 Å². The number of nitrogens with one attached hydrogen (secondary N) is 1. The second kappa shape index (κ2) is 5.41. The lowest BCUT2D eigenvalue weighted by molar-refractivity contribution is -0.0850. The summed E-state index contributed by atoms with van der Waals surface area (Å²) in [7, 11) is 1.80. The fourth-order valence-corrected chi connectivity index (χ4v) is 3.86. The molecule has 0 aromatic rings. The number of thioether (sulfide) groups is 1. The first-order valence-corrected chi connectivity index (χ1v) is 7.92. The van der Waals surface area contributed by atoms with Crippen LogP contribution in [0.5, 0.6) is 0 Å². The third-order valence-corrected chi connectivity index (χ3v) is 5.25. The van der Waals surface area contributed by atoms with Crippen molar-refractivity contribution in [2.75, 3.05) is 12.9 Å². The van der Waals surface area contributed by atoms with Crippen LogP contribution in [0.2, 0.25) is 0 Å². The Morgan fingerprint density at radius 3 is 2.78 bits per heavy atom. The van der Waals surface area contributed by atoms with Crippen LogP contribution in [0.4, 0.5) is 0 Å². The molecular weight excluding hydrogens is 244 g/mol. The first-order chi connectivity index (χ1) is 8.43. The quantitative estimate of drug-likeness (QED) is 0.853. The number of aliphatic imine (C=N–C) groups is 1. The molecule has 1 saturated carbocycles. The van der Waals surface area contributed by atoms with Crippen molar-refractivity contribution in [3.05, 3.63) is 0 Å². The van der Waals surface area contributed by atoms with Crippen LogP contribution in [0.25, 0.3) is 0 Å². The van der Waals surface area contributed by atoms with Gasteiger partial charge < -0.3 is 10.1 Å². The second-order valence-electron chi connectivity index (χ2n) is 6.51. The molecule has 0 aromatic heterocycles. The van der Waals surface area contributed by atoms with E-state index in [1.165, 1.54) is 6.42 Å². The first-order valence-electron chi connectivity index (χ1n) is 6.93. The summed E-state index contributed by atoms with van der Waals surface area (Å²) in [6, 6.07) is 1.02. The van der Waals surface area contributed by atoms with E-state index in [0.29, 0.717) is 18.2 Å². The van der Waals surface area contributed by atoms with E-state index in [-0.39, 0.29) is 5.41 Å². The maximum atomic E-state index is 5.47. The van der Waals surface area contributed by atoms with Gasteiger partial charge in [-0.2, -0.15) is 0 Å². The lowest BCUT2D eigenvalue weighted by Gasteiger charge is -2.49. The molecule has 1 saturated heterocycles. The third-order valence-electron chi connectivity index (χ3n) is 4.19.